The third-order valence-corrected chi connectivity index (χ3v) is 2.83. The Kier molecular flexibility index (Phi) is 6.09. The summed E-state index contributed by atoms with van der Waals surface area (Å²) in [7, 11) is 1.55. The number of rotatable bonds is 7. The first-order valence-electron chi connectivity index (χ1n) is 6.27. The van der Waals surface area contributed by atoms with E-state index >= 15 is 0 Å². The number of halogens is 1. The smallest absolute Gasteiger partial charge is 0.131 e. The summed E-state index contributed by atoms with van der Waals surface area (Å²) in [6, 6.07) is 4.74. The van der Waals surface area contributed by atoms with E-state index in [0.29, 0.717) is 24.5 Å². The van der Waals surface area contributed by atoms with Gasteiger partial charge in [-0.25, -0.2) is 4.39 Å². The minimum Gasteiger partial charge on any atom is -0.496 e. The SMILES string of the molecule is CCOC(C)CNC(C)c1c(F)cccc1OC. The van der Waals surface area contributed by atoms with E-state index in [1.165, 1.54) is 6.07 Å². The molecule has 102 valence electrons. The van der Waals surface area contributed by atoms with E-state index in [4.69, 9.17) is 9.47 Å². The van der Waals surface area contributed by atoms with Gasteiger partial charge in [0.15, 0.2) is 0 Å². The summed E-state index contributed by atoms with van der Waals surface area (Å²) in [4.78, 5) is 0. The van der Waals surface area contributed by atoms with Crippen molar-refractivity contribution in [2.24, 2.45) is 0 Å². The van der Waals surface area contributed by atoms with Gasteiger partial charge in [-0.1, -0.05) is 6.07 Å². The van der Waals surface area contributed by atoms with E-state index in [1.54, 1.807) is 19.2 Å². The lowest BCUT2D eigenvalue weighted by molar-refractivity contribution is 0.0742. The summed E-state index contributed by atoms with van der Waals surface area (Å²) in [5, 5.41) is 3.25. The maximum absolute atomic E-state index is 13.8. The maximum Gasteiger partial charge on any atom is 0.131 e. The zero-order valence-electron chi connectivity index (χ0n) is 11.5. The zero-order chi connectivity index (χ0) is 13.5. The van der Waals surface area contributed by atoms with Gasteiger partial charge in [0.1, 0.15) is 11.6 Å². The van der Waals surface area contributed by atoms with E-state index in [0.717, 1.165) is 0 Å². The van der Waals surface area contributed by atoms with Gasteiger partial charge in [-0.05, 0) is 32.9 Å². The van der Waals surface area contributed by atoms with Crippen molar-refractivity contribution in [3.63, 3.8) is 0 Å². The standard InChI is InChI=1S/C14H22FNO2/c1-5-18-10(2)9-16-11(3)14-12(15)7-6-8-13(14)17-4/h6-8,10-11,16H,5,9H2,1-4H3. The molecule has 3 nitrogen and oxygen atoms in total. The Labute approximate surface area is 108 Å². The summed E-state index contributed by atoms with van der Waals surface area (Å²) >= 11 is 0. The van der Waals surface area contributed by atoms with Crippen LogP contribution in [0.4, 0.5) is 4.39 Å². The van der Waals surface area contributed by atoms with Crippen molar-refractivity contribution in [2.75, 3.05) is 20.3 Å². The first-order chi connectivity index (χ1) is 8.60. The number of hydrogen-bond acceptors (Lipinski definition) is 3. The lowest BCUT2D eigenvalue weighted by atomic mass is 10.1. The molecule has 1 aromatic carbocycles. The van der Waals surface area contributed by atoms with Crippen molar-refractivity contribution in [3.05, 3.63) is 29.6 Å². The van der Waals surface area contributed by atoms with Gasteiger partial charge in [-0.3, -0.25) is 0 Å². The lowest BCUT2D eigenvalue weighted by Gasteiger charge is -2.20. The van der Waals surface area contributed by atoms with Crippen LogP contribution in [0.2, 0.25) is 0 Å². The van der Waals surface area contributed by atoms with Crippen LogP contribution in [0.15, 0.2) is 18.2 Å². The molecule has 0 amide bonds. The largest absolute Gasteiger partial charge is 0.496 e. The Morgan fingerprint density at radius 2 is 2.06 bits per heavy atom. The molecule has 0 aliphatic carbocycles. The number of benzene rings is 1. The van der Waals surface area contributed by atoms with Gasteiger partial charge in [0.05, 0.1) is 13.2 Å². The Hall–Kier alpha value is -1.13. The molecular formula is C14H22FNO2. The van der Waals surface area contributed by atoms with Crippen LogP contribution in [0.5, 0.6) is 5.75 Å². The average Bonchev–Trinajstić information content (AvgIpc) is 2.36. The second-order valence-corrected chi connectivity index (χ2v) is 4.25. The molecule has 0 heterocycles. The van der Waals surface area contributed by atoms with Gasteiger partial charge in [0, 0.05) is 24.8 Å². The Bertz CT molecular complexity index is 371. The highest BCUT2D eigenvalue weighted by molar-refractivity contribution is 5.36. The van der Waals surface area contributed by atoms with Gasteiger partial charge in [0.25, 0.3) is 0 Å². The van der Waals surface area contributed by atoms with Gasteiger partial charge < -0.3 is 14.8 Å². The van der Waals surface area contributed by atoms with Crippen molar-refractivity contribution in [1.29, 1.82) is 0 Å². The van der Waals surface area contributed by atoms with Crippen LogP contribution in [0.1, 0.15) is 32.4 Å². The van der Waals surface area contributed by atoms with Gasteiger partial charge in [0.2, 0.25) is 0 Å². The van der Waals surface area contributed by atoms with Crippen LogP contribution < -0.4 is 10.1 Å². The number of ether oxygens (including phenoxy) is 2. The molecule has 2 atom stereocenters. The first-order valence-corrected chi connectivity index (χ1v) is 6.27. The summed E-state index contributed by atoms with van der Waals surface area (Å²) < 4.78 is 24.4. The Balaban J connectivity index is 2.69. The molecule has 0 fully saturated rings. The van der Waals surface area contributed by atoms with Crippen LogP contribution in [0.3, 0.4) is 0 Å². The van der Waals surface area contributed by atoms with E-state index in [2.05, 4.69) is 5.32 Å². The van der Waals surface area contributed by atoms with Crippen LogP contribution in [0.25, 0.3) is 0 Å². The van der Waals surface area contributed by atoms with Gasteiger partial charge >= 0.3 is 0 Å². The topological polar surface area (TPSA) is 30.5 Å². The normalized spacial score (nSPS) is 14.3. The molecule has 0 bridgehead atoms. The van der Waals surface area contributed by atoms with E-state index < -0.39 is 0 Å². The van der Waals surface area contributed by atoms with E-state index in [1.807, 2.05) is 20.8 Å². The van der Waals surface area contributed by atoms with Crippen LogP contribution in [-0.2, 0) is 4.74 Å². The monoisotopic (exact) mass is 255 g/mol. The summed E-state index contributed by atoms with van der Waals surface area (Å²) in [6.07, 6.45) is 0.107. The molecule has 0 spiro atoms. The van der Waals surface area contributed by atoms with Crippen LogP contribution >= 0.6 is 0 Å². The second kappa shape index (κ2) is 7.34. The minimum atomic E-state index is -0.251. The maximum atomic E-state index is 13.8. The highest BCUT2D eigenvalue weighted by Gasteiger charge is 2.16. The predicted octanol–water partition coefficient (Wildman–Crippen LogP) is 2.91. The highest BCUT2D eigenvalue weighted by atomic mass is 19.1. The number of hydrogen-bond donors (Lipinski definition) is 1. The van der Waals surface area contributed by atoms with Gasteiger partial charge in [-0.15, -0.1) is 0 Å². The number of nitrogens with one attached hydrogen (secondary N) is 1. The van der Waals surface area contributed by atoms with Crippen molar-refractivity contribution < 1.29 is 13.9 Å². The molecule has 0 aromatic heterocycles. The molecule has 4 heteroatoms. The quantitative estimate of drug-likeness (QED) is 0.812. The molecule has 18 heavy (non-hydrogen) atoms. The van der Waals surface area contributed by atoms with E-state index in [-0.39, 0.29) is 18.0 Å². The molecular weight excluding hydrogens is 233 g/mol. The molecule has 1 aromatic rings. The summed E-state index contributed by atoms with van der Waals surface area (Å²) in [5.41, 5.74) is 0.559. The molecule has 0 saturated carbocycles. The lowest BCUT2D eigenvalue weighted by Crippen LogP contribution is -2.29. The van der Waals surface area contributed by atoms with Crippen molar-refractivity contribution >= 4 is 0 Å². The van der Waals surface area contributed by atoms with Crippen LogP contribution in [-0.4, -0.2) is 26.4 Å². The summed E-state index contributed by atoms with van der Waals surface area (Å²) in [6.45, 7) is 7.22. The first kappa shape index (κ1) is 14.9. The third kappa shape index (κ3) is 3.96. The van der Waals surface area contributed by atoms with Crippen molar-refractivity contribution in [3.8, 4) is 5.75 Å². The fraction of sp³-hybridized carbons (Fsp3) is 0.571. The molecule has 2 unspecified atom stereocenters. The second-order valence-electron chi connectivity index (χ2n) is 4.25. The van der Waals surface area contributed by atoms with Crippen molar-refractivity contribution in [1.82, 2.24) is 5.32 Å². The minimum absolute atomic E-state index is 0.107. The molecule has 0 radical (unpaired) electrons. The number of methoxy groups -OCH3 is 1. The molecule has 1 rings (SSSR count). The summed E-state index contributed by atoms with van der Waals surface area (Å²) in [5.74, 6) is 0.317. The highest BCUT2D eigenvalue weighted by Crippen LogP contribution is 2.27. The zero-order valence-corrected chi connectivity index (χ0v) is 11.5. The molecule has 0 aliphatic heterocycles. The van der Waals surface area contributed by atoms with E-state index in [9.17, 15) is 4.39 Å². The Morgan fingerprint density at radius 1 is 1.33 bits per heavy atom. The average molecular weight is 255 g/mol. The fourth-order valence-electron chi connectivity index (χ4n) is 1.90. The van der Waals surface area contributed by atoms with Crippen LogP contribution in [0, 0.1) is 5.82 Å². The predicted molar refractivity (Wildman–Crippen MR) is 70.5 cm³/mol. The van der Waals surface area contributed by atoms with Crippen molar-refractivity contribution in [2.45, 2.75) is 32.9 Å². The third-order valence-electron chi connectivity index (χ3n) is 2.83. The molecule has 0 saturated heterocycles. The van der Waals surface area contributed by atoms with Gasteiger partial charge in [-0.2, -0.15) is 0 Å². The molecule has 1 N–H and O–H groups in total. The fourth-order valence-corrected chi connectivity index (χ4v) is 1.90. The molecule has 0 aliphatic rings. The Morgan fingerprint density at radius 3 is 2.67 bits per heavy atom.